The molecule has 2 N–H and O–H groups in total. The summed E-state index contributed by atoms with van der Waals surface area (Å²) >= 11 is 6.11. The molecular formula is C16H19ClN4O3. The summed E-state index contributed by atoms with van der Waals surface area (Å²) in [7, 11) is 1.55. The van der Waals surface area contributed by atoms with Crippen molar-refractivity contribution in [3.8, 4) is 0 Å². The first kappa shape index (κ1) is 18.0. The molecule has 2 rings (SSSR count). The quantitative estimate of drug-likeness (QED) is 0.698. The molecule has 0 spiro atoms. The number of carbonyl (C=O) groups is 2. The Morgan fingerprint density at radius 1 is 1.29 bits per heavy atom. The van der Waals surface area contributed by atoms with Crippen LogP contribution in [-0.4, -0.2) is 48.4 Å². The molecular weight excluding hydrogens is 332 g/mol. The lowest BCUT2D eigenvalue weighted by Gasteiger charge is -2.05. The van der Waals surface area contributed by atoms with Gasteiger partial charge in [-0.15, -0.1) is 0 Å². The van der Waals surface area contributed by atoms with Crippen LogP contribution in [0.15, 0.2) is 36.7 Å². The second-order valence-electron chi connectivity index (χ2n) is 5.04. The molecule has 0 atom stereocenters. The van der Waals surface area contributed by atoms with E-state index in [1.54, 1.807) is 24.1 Å². The van der Waals surface area contributed by atoms with Crippen molar-refractivity contribution < 1.29 is 14.3 Å². The summed E-state index contributed by atoms with van der Waals surface area (Å²) in [4.78, 5) is 23.5. The monoisotopic (exact) mass is 350 g/mol. The average molecular weight is 351 g/mol. The molecule has 0 aliphatic rings. The van der Waals surface area contributed by atoms with Gasteiger partial charge in [0, 0.05) is 24.9 Å². The number of hydrogen-bond donors (Lipinski definition) is 2. The number of rotatable bonds is 8. The lowest BCUT2D eigenvalue weighted by Crippen LogP contribution is -2.38. The maximum Gasteiger partial charge on any atom is 0.254 e. The fourth-order valence-electron chi connectivity index (χ4n) is 1.99. The van der Waals surface area contributed by atoms with Crippen LogP contribution in [0.1, 0.15) is 15.9 Å². The Labute approximate surface area is 144 Å². The second-order valence-corrected chi connectivity index (χ2v) is 5.45. The Hall–Kier alpha value is -2.38. The minimum absolute atomic E-state index is 0.0990. The molecule has 0 fully saturated rings. The van der Waals surface area contributed by atoms with E-state index in [1.807, 2.05) is 18.2 Å². The van der Waals surface area contributed by atoms with Gasteiger partial charge in [-0.1, -0.05) is 29.8 Å². The van der Waals surface area contributed by atoms with Crippen LogP contribution in [0.2, 0.25) is 5.02 Å². The highest BCUT2D eigenvalue weighted by molar-refractivity contribution is 6.31. The number of halogens is 1. The van der Waals surface area contributed by atoms with E-state index in [-0.39, 0.29) is 18.4 Å². The minimum atomic E-state index is -0.359. The molecule has 1 aromatic carbocycles. The third kappa shape index (κ3) is 5.36. The third-order valence-electron chi connectivity index (χ3n) is 3.22. The van der Waals surface area contributed by atoms with Crippen molar-refractivity contribution in [1.29, 1.82) is 0 Å². The van der Waals surface area contributed by atoms with Crippen molar-refractivity contribution in [2.75, 3.05) is 26.8 Å². The predicted molar refractivity (Wildman–Crippen MR) is 90.0 cm³/mol. The van der Waals surface area contributed by atoms with Crippen LogP contribution in [-0.2, 0) is 16.1 Å². The van der Waals surface area contributed by atoms with Gasteiger partial charge < -0.3 is 15.4 Å². The first-order valence-corrected chi connectivity index (χ1v) is 7.77. The van der Waals surface area contributed by atoms with Gasteiger partial charge in [-0.05, 0) is 11.6 Å². The van der Waals surface area contributed by atoms with Gasteiger partial charge in [0.05, 0.1) is 31.5 Å². The van der Waals surface area contributed by atoms with Crippen molar-refractivity contribution in [2.24, 2.45) is 0 Å². The predicted octanol–water partition coefficient (Wildman–Crippen LogP) is 1.08. The molecule has 1 aromatic heterocycles. The van der Waals surface area contributed by atoms with Gasteiger partial charge in [-0.25, -0.2) is 0 Å². The molecule has 0 aliphatic carbocycles. The zero-order valence-electron chi connectivity index (χ0n) is 13.3. The standard InChI is InChI=1S/C16H19ClN4O3/c1-24-7-6-18-15(22)9-19-16(23)13-8-20-21(11-13)10-12-4-2-3-5-14(12)17/h2-5,8,11H,6-7,9-10H2,1H3,(H,18,22)(H,19,23). The van der Waals surface area contributed by atoms with E-state index in [1.165, 1.54) is 6.20 Å². The van der Waals surface area contributed by atoms with Crippen LogP contribution in [0.25, 0.3) is 0 Å². The highest BCUT2D eigenvalue weighted by Gasteiger charge is 2.11. The number of nitrogens with one attached hydrogen (secondary N) is 2. The lowest BCUT2D eigenvalue weighted by atomic mass is 10.2. The van der Waals surface area contributed by atoms with Gasteiger partial charge in [-0.3, -0.25) is 14.3 Å². The summed E-state index contributed by atoms with van der Waals surface area (Å²) in [5.74, 6) is -0.633. The highest BCUT2D eigenvalue weighted by Crippen LogP contribution is 2.16. The Morgan fingerprint density at radius 3 is 2.83 bits per heavy atom. The Morgan fingerprint density at radius 2 is 2.08 bits per heavy atom. The molecule has 7 nitrogen and oxygen atoms in total. The van der Waals surface area contributed by atoms with E-state index in [2.05, 4.69) is 15.7 Å². The van der Waals surface area contributed by atoms with Gasteiger partial charge >= 0.3 is 0 Å². The molecule has 0 saturated heterocycles. The SMILES string of the molecule is COCCNC(=O)CNC(=O)c1cnn(Cc2ccccc2Cl)c1. The third-order valence-corrected chi connectivity index (χ3v) is 3.59. The molecule has 0 aliphatic heterocycles. The summed E-state index contributed by atoms with van der Waals surface area (Å²) in [5.41, 5.74) is 1.29. The largest absolute Gasteiger partial charge is 0.383 e. The topological polar surface area (TPSA) is 85.2 Å². The van der Waals surface area contributed by atoms with Crippen molar-refractivity contribution in [3.05, 3.63) is 52.8 Å². The van der Waals surface area contributed by atoms with Crippen LogP contribution < -0.4 is 10.6 Å². The van der Waals surface area contributed by atoms with Gasteiger partial charge in [0.2, 0.25) is 5.91 Å². The fraction of sp³-hybridized carbons (Fsp3) is 0.312. The van der Waals surface area contributed by atoms with E-state index in [4.69, 9.17) is 16.3 Å². The molecule has 128 valence electrons. The average Bonchev–Trinajstić information content (AvgIpc) is 3.04. The van der Waals surface area contributed by atoms with Crippen LogP contribution in [0, 0.1) is 0 Å². The molecule has 0 radical (unpaired) electrons. The molecule has 0 saturated carbocycles. The summed E-state index contributed by atoms with van der Waals surface area (Å²) in [6.45, 7) is 1.19. The van der Waals surface area contributed by atoms with E-state index in [9.17, 15) is 9.59 Å². The van der Waals surface area contributed by atoms with Gasteiger partial charge in [0.25, 0.3) is 5.91 Å². The molecule has 24 heavy (non-hydrogen) atoms. The molecule has 2 amide bonds. The van der Waals surface area contributed by atoms with Crippen LogP contribution in [0.3, 0.4) is 0 Å². The molecule has 1 heterocycles. The smallest absolute Gasteiger partial charge is 0.254 e. The normalized spacial score (nSPS) is 10.4. The Kier molecular flexibility index (Phi) is 6.77. The first-order valence-electron chi connectivity index (χ1n) is 7.40. The maximum atomic E-state index is 12.0. The number of ether oxygens (including phenoxy) is 1. The summed E-state index contributed by atoms with van der Waals surface area (Å²) in [6.07, 6.45) is 3.07. The van der Waals surface area contributed by atoms with E-state index >= 15 is 0 Å². The fourth-order valence-corrected chi connectivity index (χ4v) is 2.18. The van der Waals surface area contributed by atoms with Crippen molar-refractivity contribution >= 4 is 23.4 Å². The summed E-state index contributed by atoms with van der Waals surface area (Å²) in [6, 6.07) is 7.44. The van der Waals surface area contributed by atoms with Crippen molar-refractivity contribution in [2.45, 2.75) is 6.54 Å². The lowest BCUT2D eigenvalue weighted by molar-refractivity contribution is -0.120. The maximum absolute atomic E-state index is 12.0. The van der Waals surface area contributed by atoms with Crippen LogP contribution in [0.4, 0.5) is 0 Å². The van der Waals surface area contributed by atoms with E-state index in [0.29, 0.717) is 30.3 Å². The van der Waals surface area contributed by atoms with Crippen LogP contribution in [0.5, 0.6) is 0 Å². The number of benzene rings is 1. The molecule has 0 bridgehead atoms. The number of amides is 2. The molecule has 2 aromatic rings. The molecule has 8 heteroatoms. The first-order chi connectivity index (χ1) is 11.6. The highest BCUT2D eigenvalue weighted by atomic mass is 35.5. The number of hydrogen-bond acceptors (Lipinski definition) is 4. The number of carbonyl (C=O) groups excluding carboxylic acids is 2. The second kappa shape index (κ2) is 9.05. The Bertz CT molecular complexity index is 702. The van der Waals surface area contributed by atoms with Gasteiger partial charge in [0.15, 0.2) is 0 Å². The number of nitrogens with zero attached hydrogens (tertiary/aromatic N) is 2. The number of aromatic nitrogens is 2. The summed E-state index contributed by atoms with van der Waals surface area (Å²) in [5, 5.41) is 9.95. The van der Waals surface area contributed by atoms with Gasteiger partial charge in [-0.2, -0.15) is 5.10 Å². The Balaban J connectivity index is 1.85. The van der Waals surface area contributed by atoms with Crippen molar-refractivity contribution in [1.82, 2.24) is 20.4 Å². The zero-order valence-corrected chi connectivity index (χ0v) is 14.0. The zero-order chi connectivity index (χ0) is 17.4. The van der Waals surface area contributed by atoms with E-state index < -0.39 is 0 Å². The van der Waals surface area contributed by atoms with E-state index in [0.717, 1.165) is 5.56 Å². The number of methoxy groups -OCH3 is 1. The van der Waals surface area contributed by atoms with Crippen LogP contribution >= 0.6 is 11.6 Å². The minimum Gasteiger partial charge on any atom is -0.383 e. The van der Waals surface area contributed by atoms with Crippen molar-refractivity contribution in [3.63, 3.8) is 0 Å². The molecule has 0 unspecified atom stereocenters. The summed E-state index contributed by atoms with van der Waals surface area (Å²) < 4.78 is 6.44. The van der Waals surface area contributed by atoms with Gasteiger partial charge in [0.1, 0.15) is 0 Å².